The van der Waals surface area contributed by atoms with Gasteiger partial charge < -0.3 is 15.4 Å². The Hall–Kier alpha value is -3.55. The van der Waals surface area contributed by atoms with Gasteiger partial charge in [0.05, 0.1) is 12.8 Å². The van der Waals surface area contributed by atoms with Crippen LogP contribution >= 0.6 is 0 Å². The SMILES string of the molecule is COc1cccc(CCNC(=O)c2cc(C)nc(Nc3ccc(F)cc3F)n2)c1. The second-order valence-electron chi connectivity index (χ2n) is 6.32. The van der Waals surface area contributed by atoms with Crippen molar-refractivity contribution in [3.8, 4) is 5.75 Å². The average Bonchev–Trinajstić information content (AvgIpc) is 2.70. The van der Waals surface area contributed by atoms with E-state index in [4.69, 9.17) is 4.74 Å². The Morgan fingerprint density at radius 2 is 1.93 bits per heavy atom. The van der Waals surface area contributed by atoms with Crippen LogP contribution in [-0.4, -0.2) is 29.5 Å². The van der Waals surface area contributed by atoms with Crippen LogP contribution in [0.25, 0.3) is 0 Å². The van der Waals surface area contributed by atoms with Crippen molar-refractivity contribution in [1.82, 2.24) is 15.3 Å². The molecular formula is C21H20F2N4O2. The lowest BCUT2D eigenvalue weighted by molar-refractivity contribution is 0.0949. The van der Waals surface area contributed by atoms with Crippen molar-refractivity contribution in [2.24, 2.45) is 0 Å². The summed E-state index contributed by atoms with van der Waals surface area (Å²) in [6.07, 6.45) is 0.624. The first-order chi connectivity index (χ1) is 13.9. The van der Waals surface area contributed by atoms with Gasteiger partial charge in [-0.05, 0) is 49.2 Å². The zero-order valence-electron chi connectivity index (χ0n) is 16.0. The largest absolute Gasteiger partial charge is 0.497 e. The summed E-state index contributed by atoms with van der Waals surface area (Å²) in [5.74, 6) is -1.04. The molecule has 1 heterocycles. The van der Waals surface area contributed by atoms with Crippen LogP contribution in [0, 0.1) is 18.6 Å². The van der Waals surface area contributed by atoms with Crippen molar-refractivity contribution in [1.29, 1.82) is 0 Å². The molecule has 150 valence electrons. The molecule has 1 amide bonds. The quantitative estimate of drug-likeness (QED) is 0.633. The van der Waals surface area contributed by atoms with Crippen molar-refractivity contribution >= 4 is 17.5 Å². The predicted molar refractivity (Wildman–Crippen MR) is 105 cm³/mol. The van der Waals surface area contributed by atoms with Gasteiger partial charge in [0.1, 0.15) is 23.1 Å². The third kappa shape index (κ3) is 5.47. The lowest BCUT2D eigenvalue weighted by atomic mass is 10.1. The second-order valence-corrected chi connectivity index (χ2v) is 6.32. The maximum Gasteiger partial charge on any atom is 0.270 e. The number of rotatable bonds is 7. The first-order valence-electron chi connectivity index (χ1n) is 8.93. The zero-order chi connectivity index (χ0) is 20.8. The number of amides is 1. The summed E-state index contributed by atoms with van der Waals surface area (Å²) in [6.45, 7) is 2.10. The molecule has 0 atom stereocenters. The highest BCUT2D eigenvalue weighted by atomic mass is 19.1. The zero-order valence-corrected chi connectivity index (χ0v) is 16.0. The molecular weight excluding hydrogens is 378 g/mol. The number of halogens is 2. The number of ether oxygens (including phenoxy) is 1. The van der Waals surface area contributed by atoms with Gasteiger partial charge in [-0.1, -0.05) is 12.1 Å². The van der Waals surface area contributed by atoms with E-state index >= 15 is 0 Å². The molecule has 1 aromatic heterocycles. The molecule has 6 nitrogen and oxygen atoms in total. The summed E-state index contributed by atoms with van der Waals surface area (Å²) >= 11 is 0. The van der Waals surface area contributed by atoms with E-state index in [-0.39, 0.29) is 23.2 Å². The van der Waals surface area contributed by atoms with Crippen molar-refractivity contribution in [3.63, 3.8) is 0 Å². The second kappa shape index (κ2) is 9.09. The van der Waals surface area contributed by atoms with E-state index in [2.05, 4.69) is 20.6 Å². The highest BCUT2D eigenvalue weighted by Crippen LogP contribution is 2.19. The number of anilines is 2. The smallest absolute Gasteiger partial charge is 0.270 e. The van der Waals surface area contributed by atoms with Gasteiger partial charge in [-0.25, -0.2) is 18.7 Å². The number of hydrogen-bond donors (Lipinski definition) is 2. The Morgan fingerprint density at radius 1 is 1.10 bits per heavy atom. The van der Waals surface area contributed by atoms with Gasteiger partial charge in [-0.3, -0.25) is 4.79 Å². The van der Waals surface area contributed by atoms with E-state index < -0.39 is 11.6 Å². The maximum atomic E-state index is 13.8. The van der Waals surface area contributed by atoms with Crippen molar-refractivity contribution in [2.45, 2.75) is 13.3 Å². The van der Waals surface area contributed by atoms with Gasteiger partial charge in [0.15, 0.2) is 0 Å². The van der Waals surface area contributed by atoms with Gasteiger partial charge in [0.2, 0.25) is 5.95 Å². The van der Waals surface area contributed by atoms with Gasteiger partial charge in [-0.2, -0.15) is 0 Å². The first-order valence-corrected chi connectivity index (χ1v) is 8.93. The molecule has 0 fully saturated rings. The third-order valence-corrected chi connectivity index (χ3v) is 4.10. The number of benzene rings is 2. The van der Waals surface area contributed by atoms with Crippen LogP contribution in [0.3, 0.4) is 0 Å². The Labute approximate surface area is 167 Å². The molecule has 0 aliphatic carbocycles. The van der Waals surface area contributed by atoms with Crippen LogP contribution in [0.1, 0.15) is 21.7 Å². The summed E-state index contributed by atoms with van der Waals surface area (Å²) in [6, 6.07) is 12.2. The Balaban J connectivity index is 1.65. The summed E-state index contributed by atoms with van der Waals surface area (Å²) in [4.78, 5) is 20.7. The van der Waals surface area contributed by atoms with Gasteiger partial charge >= 0.3 is 0 Å². The van der Waals surface area contributed by atoms with E-state index in [1.54, 1.807) is 14.0 Å². The number of hydrogen-bond acceptors (Lipinski definition) is 5. The molecule has 0 spiro atoms. The van der Waals surface area contributed by atoms with E-state index in [9.17, 15) is 13.6 Å². The van der Waals surface area contributed by atoms with Crippen LogP contribution in [0.2, 0.25) is 0 Å². The molecule has 0 radical (unpaired) electrons. The molecule has 0 saturated carbocycles. The van der Waals surface area contributed by atoms with Crippen molar-refractivity contribution in [2.75, 3.05) is 19.0 Å². The number of aryl methyl sites for hydroxylation is 1. The lowest BCUT2D eigenvalue weighted by Crippen LogP contribution is -2.27. The van der Waals surface area contributed by atoms with Gasteiger partial charge in [-0.15, -0.1) is 0 Å². The van der Waals surface area contributed by atoms with Crippen molar-refractivity contribution in [3.05, 3.63) is 77.1 Å². The molecule has 0 aliphatic rings. The van der Waals surface area contributed by atoms with E-state index in [0.717, 1.165) is 23.4 Å². The Morgan fingerprint density at radius 3 is 2.69 bits per heavy atom. The summed E-state index contributed by atoms with van der Waals surface area (Å²) < 4.78 is 32.1. The van der Waals surface area contributed by atoms with Crippen LogP contribution in [0.15, 0.2) is 48.5 Å². The van der Waals surface area contributed by atoms with Gasteiger partial charge in [0.25, 0.3) is 5.91 Å². The monoisotopic (exact) mass is 398 g/mol. The third-order valence-electron chi connectivity index (χ3n) is 4.10. The minimum absolute atomic E-state index is 0.0152. The highest BCUT2D eigenvalue weighted by molar-refractivity contribution is 5.92. The molecule has 29 heavy (non-hydrogen) atoms. The number of carbonyl (C=O) groups is 1. The van der Waals surface area contributed by atoms with Crippen LogP contribution in [-0.2, 0) is 6.42 Å². The van der Waals surface area contributed by atoms with Crippen LogP contribution in [0.5, 0.6) is 5.75 Å². The molecule has 0 saturated heterocycles. The molecule has 0 aliphatic heterocycles. The predicted octanol–water partition coefficient (Wildman–Crippen LogP) is 3.79. The molecule has 3 aromatic rings. The van der Waals surface area contributed by atoms with Crippen molar-refractivity contribution < 1.29 is 18.3 Å². The number of nitrogens with one attached hydrogen (secondary N) is 2. The number of methoxy groups -OCH3 is 1. The molecule has 8 heteroatoms. The summed E-state index contributed by atoms with van der Waals surface area (Å²) in [5, 5.41) is 5.47. The van der Waals surface area contributed by atoms with Gasteiger partial charge in [0, 0.05) is 18.3 Å². The fourth-order valence-corrected chi connectivity index (χ4v) is 2.69. The maximum absolute atomic E-state index is 13.8. The van der Waals surface area contributed by atoms with E-state index in [1.165, 1.54) is 12.1 Å². The number of aromatic nitrogens is 2. The first kappa shape index (κ1) is 20.2. The molecule has 0 bridgehead atoms. The number of nitrogens with zero attached hydrogens (tertiary/aromatic N) is 2. The Bertz CT molecular complexity index is 1030. The minimum atomic E-state index is -0.778. The molecule has 0 unspecified atom stereocenters. The normalized spacial score (nSPS) is 10.5. The fraction of sp³-hybridized carbons (Fsp3) is 0.190. The van der Waals surface area contributed by atoms with Crippen LogP contribution < -0.4 is 15.4 Å². The highest BCUT2D eigenvalue weighted by Gasteiger charge is 2.12. The summed E-state index contributed by atoms with van der Waals surface area (Å²) in [5.41, 5.74) is 1.72. The van der Waals surface area contributed by atoms with Crippen LogP contribution in [0.4, 0.5) is 20.4 Å². The minimum Gasteiger partial charge on any atom is -0.497 e. The molecule has 2 N–H and O–H groups in total. The number of carbonyl (C=O) groups excluding carboxylic acids is 1. The standard InChI is InChI=1S/C21H20F2N4O2/c1-13-10-19(20(28)24-9-8-14-4-3-5-16(11-14)29-2)27-21(25-13)26-18-7-6-15(22)12-17(18)23/h3-7,10-12H,8-9H2,1-2H3,(H,24,28)(H,25,26,27). The van der Waals surface area contributed by atoms with E-state index in [0.29, 0.717) is 18.7 Å². The Kier molecular flexibility index (Phi) is 6.33. The topological polar surface area (TPSA) is 76.1 Å². The fourth-order valence-electron chi connectivity index (χ4n) is 2.69. The summed E-state index contributed by atoms with van der Waals surface area (Å²) in [7, 11) is 1.60. The molecule has 2 aromatic carbocycles. The molecule has 3 rings (SSSR count). The van der Waals surface area contributed by atoms with E-state index in [1.807, 2.05) is 24.3 Å². The average molecular weight is 398 g/mol. The lowest BCUT2D eigenvalue weighted by Gasteiger charge is -2.10.